The van der Waals surface area contributed by atoms with E-state index >= 15 is 0 Å². The highest BCUT2D eigenvalue weighted by Crippen LogP contribution is 2.25. The van der Waals surface area contributed by atoms with E-state index in [-0.39, 0.29) is 30.2 Å². The molecule has 3 N–H and O–H groups in total. The number of benzene rings is 3. The van der Waals surface area contributed by atoms with Crippen molar-refractivity contribution in [1.29, 1.82) is 0 Å². The molecule has 0 aliphatic heterocycles. The summed E-state index contributed by atoms with van der Waals surface area (Å²) in [5.74, 6) is 0.492. The number of halogens is 1. The number of carbonyl (C=O) groups excluding carboxylic acids is 2. The standard InChI is InChI=1S/C28H32ClN3O3/c1-28(2,18-30)19-32(27(34)21-7-5-4-6-8-21)17-22-16-23(11-14-25(22)29)31-26(33)15-20-9-12-24(35-3)13-10-20/h4-14,16H,15,17-19,30H2,1-3H3,(H,31,33). The van der Waals surface area contributed by atoms with E-state index in [0.29, 0.717) is 29.4 Å². The summed E-state index contributed by atoms with van der Waals surface area (Å²) < 4.78 is 5.16. The molecule has 0 saturated carbocycles. The summed E-state index contributed by atoms with van der Waals surface area (Å²) in [7, 11) is 1.60. The highest BCUT2D eigenvalue weighted by molar-refractivity contribution is 6.31. The monoisotopic (exact) mass is 493 g/mol. The summed E-state index contributed by atoms with van der Waals surface area (Å²) in [4.78, 5) is 27.7. The zero-order valence-electron chi connectivity index (χ0n) is 20.4. The molecule has 0 spiro atoms. The molecular weight excluding hydrogens is 462 g/mol. The van der Waals surface area contributed by atoms with E-state index in [1.807, 2.05) is 62.4 Å². The maximum atomic E-state index is 13.3. The fourth-order valence-corrected chi connectivity index (χ4v) is 3.83. The SMILES string of the molecule is COc1ccc(CC(=O)Nc2ccc(Cl)c(CN(CC(C)(C)CN)C(=O)c3ccccc3)c2)cc1. The second kappa shape index (κ2) is 11.9. The van der Waals surface area contributed by atoms with Crippen molar-refractivity contribution >= 4 is 29.1 Å². The second-order valence-electron chi connectivity index (χ2n) is 9.27. The normalized spacial score (nSPS) is 11.1. The highest BCUT2D eigenvalue weighted by Gasteiger charge is 2.25. The number of nitrogens with zero attached hydrogens (tertiary/aromatic N) is 1. The number of carbonyl (C=O) groups is 2. The van der Waals surface area contributed by atoms with Gasteiger partial charge in [-0.15, -0.1) is 0 Å². The molecule has 0 bridgehead atoms. The van der Waals surface area contributed by atoms with Gasteiger partial charge in [0.1, 0.15) is 5.75 Å². The minimum atomic E-state index is -0.277. The average Bonchev–Trinajstić information content (AvgIpc) is 2.86. The first-order chi connectivity index (χ1) is 16.7. The van der Waals surface area contributed by atoms with Crippen LogP contribution in [0, 0.1) is 5.41 Å². The van der Waals surface area contributed by atoms with Gasteiger partial charge in [-0.1, -0.05) is 55.8 Å². The molecule has 0 aliphatic rings. The van der Waals surface area contributed by atoms with Gasteiger partial charge < -0.3 is 20.7 Å². The van der Waals surface area contributed by atoms with Gasteiger partial charge in [-0.25, -0.2) is 0 Å². The van der Waals surface area contributed by atoms with Gasteiger partial charge in [0.15, 0.2) is 0 Å². The summed E-state index contributed by atoms with van der Waals surface area (Å²) in [6.07, 6.45) is 0.227. The molecule has 0 heterocycles. The third kappa shape index (κ3) is 7.57. The lowest BCUT2D eigenvalue weighted by Crippen LogP contribution is -2.41. The van der Waals surface area contributed by atoms with E-state index in [1.54, 1.807) is 36.3 Å². The van der Waals surface area contributed by atoms with Gasteiger partial charge in [0.05, 0.1) is 13.5 Å². The predicted octanol–water partition coefficient (Wildman–Crippen LogP) is 5.16. The van der Waals surface area contributed by atoms with Crippen molar-refractivity contribution in [3.8, 4) is 5.75 Å². The van der Waals surface area contributed by atoms with Gasteiger partial charge in [-0.3, -0.25) is 9.59 Å². The van der Waals surface area contributed by atoms with Gasteiger partial charge >= 0.3 is 0 Å². The Morgan fingerprint density at radius 1 is 1.03 bits per heavy atom. The number of methoxy groups -OCH3 is 1. The molecule has 0 aliphatic carbocycles. The zero-order chi connectivity index (χ0) is 25.4. The summed E-state index contributed by atoms with van der Waals surface area (Å²) in [5, 5.41) is 3.45. The fraction of sp³-hybridized carbons (Fsp3) is 0.286. The van der Waals surface area contributed by atoms with Gasteiger partial charge in [0.25, 0.3) is 5.91 Å². The fourth-order valence-electron chi connectivity index (χ4n) is 3.66. The van der Waals surface area contributed by atoms with E-state index in [9.17, 15) is 9.59 Å². The molecule has 7 heteroatoms. The van der Waals surface area contributed by atoms with Crippen LogP contribution in [0.25, 0.3) is 0 Å². The maximum Gasteiger partial charge on any atom is 0.254 e. The van der Waals surface area contributed by atoms with Crippen molar-refractivity contribution in [3.05, 3.63) is 94.5 Å². The van der Waals surface area contributed by atoms with Crippen molar-refractivity contribution in [2.45, 2.75) is 26.8 Å². The van der Waals surface area contributed by atoms with E-state index in [1.165, 1.54) is 0 Å². The van der Waals surface area contributed by atoms with E-state index < -0.39 is 0 Å². The Kier molecular flexibility index (Phi) is 8.90. The van der Waals surface area contributed by atoms with Crippen molar-refractivity contribution < 1.29 is 14.3 Å². The van der Waals surface area contributed by atoms with Crippen molar-refractivity contribution in [3.63, 3.8) is 0 Å². The number of anilines is 1. The topological polar surface area (TPSA) is 84.7 Å². The summed E-state index contributed by atoms with van der Waals surface area (Å²) in [6.45, 7) is 5.23. The number of ether oxygens (including phenoxy) is 1. The van der Waals surface area contributed by atoms with Gasteiger partial charge in [-0.05, 0) is 65.6 Å². The number of nitrogens with two attached hydrogens (primary N) is 1. The molecule has 0 radical (unpaired) electrons. The van der Waals surface area contributed by atoms with Crippen LogP contribution >= 0.6 is 11.6 Å². The summed E-state index contributed by atoms with van der Waals surface area (Å²) in [6, 6.07) is 21.8. The molecule has 2 amide bonds. The average molecular weight is 494 g/mol. The molecule has 0 unspecified atom stereocenters. The van der Waals surface area contributed by atoms with E-state index in [2.05, 4.69) is 5.32 Å². The van der Waals surface area contributed by atoms with Crippen LogP contribution in [0.2, 0.25) is 5.02 Å². The number of rotatable bonds is 10. The number of amides is 2. The van der Waals surface area contributed by atoms with Crippen LogP contribution in [-0.2, 0) is 17.8 Å². The summed E-state index contributed by atoms with van der Waals surface area (Å²) >= 11 is 6.50. The van der Waals surface area contributed by atoms with Crippen LogP contribution in [0.5, 0.6) is 5.75 Å². The smallest absolute Gasteiger partial charge is 0.254 e. The molecule has 0 atom stereocenters. The predicted molar refractivity (Wildman–Crippen MR) is 141 cm³/mol. The van der Waals surface area contributed by atoms with Crippen LogP contribution in [0.4, 0.5) is 5.69 Å². The van der Waals surface area contributed by atoms with Crippen LogP contribution in [-0.4, -0.2) is 36.9 Å². The third-order valence-electron chi connectivity index (χ3n) is 5.69. The molecule has 0 saturated heterocycles. The number of hydrogen-bond donors (Lipinski definition) is 2. The van der Waals surface area contributed by atoms with Gasteiger partial charge in [0, 0.05) is 29.4 Å². The lowest BCUT2D eigenvalue weighted by molar-refractivity contribution is -0.115. The highest BCUT2D eigenvalue weighted by atomic mass is 35.5. The first-order valence-electron chi connectivity index (χ1n) is 11.5. The van der Waals surface area contributed by atoms with Crippen molar-refractivity contribution in [2.75, 3.05) is 25.5 Å². The maximum absolute atomic E-state index is 13.3. The quantitative estimate of drug-likeness (QED) is 0.408. The van der Waals surface area contributed by atoms with Crippen molar-refractivity contribution in [2.24, 2.45) is 11.1 Å². The Balaban J connectivity index is 1.77. The molecule has 3 rings (SSSR count). The number of hydrogen-bond acceptors (Lipinski definition) is 4. The molecule has 0 aromatic heterocycles. The largest absolute Gasteiger partial charge is 0.497 e. The van der Waals surface area contributed by atoms with Crippen LogP contribution in [0.15, 0.2) is 72.8 Å². The molecule has 184 valence electrons. The minimum absolute atomic E-state index is 0.0999. The van der Waals surface area contributed by atoms with Crippen LogP contribution in [0.3, 0.4) is 0 Å². The van der Waals surface area contributed by atoms with E-state index in [0.717, 1.165) is 16.9 Å². The molecule has 3 aromatic rings. The Bertz CT molecular complexity index is 1150. The molecule has 0 fully saturated rings. The Labute approximate surface area is 212 Å². The van der Waals surface area contributed by atoms with Crippen LogP contribution < -0.4 is 15.8 Å². The molecule has 6 nitrogen and oxygen atoms in total. The Morgan fingerprint density at radius 2 is 1.71 bits per heavy atom. The molecule has 35 heavy (non-hydrogen) atoms. The Morgan fingerprint density at radius 3 is 2.34 bits per heavy atom. The van der Waals surface area contributed by atoms with Crippen molar-refractivity contribution in [1.82, 2.24) is 4.90 Å². The molecular formula is C28H32ClN3O3. The van der Waals surface area contributed by atoms with Crippen LogP contribution in [0.1, 0.15) is 35.3 Å². The number of nitrogens with one attached hydrogen (secondary N) is 1. The lowest BCUT2D eigenvalue weighted by atomic mass is 9.92. The second-order valence-corrected chi connectivity index (χ2v) is 9.68. The first kappa shape index (κ1) is 26.3. The first-order valence-corrected chi connectivity index (χ1v) is 11.8. The Hall–Kier alpha value is -3.35. The minimum Gasteiger partial charge on any atom is -0.497 e. The summed E-state index contributed by atoms with van der Waals surface area (Å²) in [5.41, 5.74) is 8.51. The molecule has 3 aromatic carbocycles. The van der Waals surface area contributed by atoms with Gasteiger partial charge in [0.2, 0.25) is 5.91 Å². The van der Waals surface area contributed by atoms with Gasteiger partial charge in [-0.2, -0.15) is 0 Å². The lowest BCUT2D eigenvalue weighted by Gasteiger charge is -2.32. The zero-order valence-corrected chi connectivity index (χ0v) is 21.1. The third-order valence-corrected chi connectivity index (χ3v) is 6.06. The van der Waals surface area contributed by atoms with E-state index in [4.69, 9.17) is 22.1 Å².